The van der Waals surface area contributed by atoms with E-state index in [2.05, 4.69) is 0 Å². The van der Waals surface area contributed by atoms with Gasteiger partial charge in [0.15, 0.2) is 0 Å². The van der Waals surface area contributed by atoms with Gasteiger partial charge in [-0.05, 0) is 25.7 Å². The first-order valence-electron chi connectivity index (χ1n) is 5.87. The van der Waals surface area contributed by atoms with Crippen LogP contribution in [0, 0.1) is 0 Å². The smallest absolute Gasteiger partial charge is 0.463 e. The average molecular weight is 258 g/mol. The Morgan fingerprint density at radius 3 is 1.78 bits per heavy atom. The summed E-state index contributed by atoms with van der Waals surface area (Å²) < 4.78 is 19.1. The molecule has 2 atom stereocenters. The van der Waals surface area contributed by atoms with Crippen molar-refractivity contribution >= 4 is 18.1 Å². The minimum absolute atomic E-state index is 0.336. The maximum Gasteiger partial charge on any atom is 0.509 e. The molecule has 2 unspecified atom stereocenters. The Bertz CT molecular complexity index is 319. The van der Waals surface area contributed by atoms with E-state index in [0.717, 1.165) is 0 Å². The van der Waals surface area contributed by atoms with Gasteiger partial charge in [-0.25, -0.2) is 14.4 Å². The second kappa shape index (κ2) is 5.70. The normalized spacial score (nSPS) is 28.0. The van der Waals surface area contributed by atoms with Crippen molar-refractivity contribution in [2.24, 2.45) is 0 Å². The molecule has 0 saturated carbocycles. The third kappa shape index (κ3) is 3.12. The van der Waals surface area contributed by atoms with Crippen molar-refractivity contribution in [2.75, 3.05) is 13.2 Å². The van der Waals surface area contributed by atoms with Crippen LogP contribution in [-0.4, -0.2) is 43.5 Å². The molecule has 0 bridgehead atoms. The van der Waals surface area contributed by atoms with Gasteiger partial charge < -0.3 is 18.9 Å². The molecule has 0 spiro atoms. The third-order valence-electron chi connectivity index (χ3n) is 2.71. The molecule has 0 N–H and O–H groups in total. The Hall–Kier alpha value is -1.79. The van der Waals surface area contributed by atoms with Crippen LogP contribution < -0.4 is 0 Å². The number of rotatable bonds is 2. The van der Waals surface area contributed by atoms with Gasteiger partial charge in [0.25, 0.3) is 0 Å². The average Bonchev–Trinajstić information content (AvgIpc) is 2.35. The number of esters is 2. The number of carbonyl (C=O) groups is 3. The standard InChI is InChI=1S/C11H14O7/c12-9-7(3-1-5-15-9)17-11(14)18-8-4-2-6-16-10(8)13/h7-8H,1-6H2. The molecular formula is C11H14O7. The maximum absolute atomic E-state index is 11.4. The second-order valence-corrected chi connectivity index (χ2v) is 4.08. The zero-order valence-corrected chi connectivity index (χ0v) is 9.76. The van der Waals surface area contributed by atoms with E-state index in [1.165, 1.54) is 0 Å². The van der Waals surface area contributed by atoms with E-state index in [4.69, 9.17) is 18.9 Å². The minimum Gasteiger partial charge on any atom is -0.463 e. The van der Waals surface area contributed by atoms with Crippen molar-refractivity contribution in [3.05, 3.63) is 0 Å². The molecule has 2 saturated heterocycles. The van der Waals surface area contributed by atoms with E-state index in [9.17, 15) is 14.4 Å². The van der Waals surface area contributed by atoms with Crippen LogP contribution in [0.1, 0.15) is 25.7 Å². The molecule has 100 valence electrons. The van der Waals surface area contributed by atoms with E-state index in [1.54, 1.807) is 0 Å². The Morgan fingerprint density at radius 2 is 1.39 bits per heavy atom. The number of hydrogen-bond acceptors (Lipinski definition) is 7. The van der Waals surface area contributed by atoms with Gasteiger partial charge in [0, 0.05) is 0 Å². The van der Waals surface area contributed by atoms with Crippen LogP contribution in [0.25, 0.3) is 0 Å². The quantitative estimate of drug-likeness (QED) is 0.528. The van der Waals surface area contributed by atoms with Crippen LogP contribution in [0.4, 0.5) is 4.79 Å². The fraction of sp³-hybridized carbons (Fsp3) is 0.727. The van der Waals surface area contributed by atoms with Crippen molar-refractivity contribution in [1.29, 1.82) is 0 Å². The van der Waals surface area contributed by atoms with E-state index >= 15 is 0 Å². The summed E-state index contributed by atoms with van der Waals surface area (Å²) in [6, 6.07) is 0. The van der Waals surface area contributed by atoms with Crippen molar-refractivity contribution in [3.8, 4) is 0 Å². The lowest BCUT2D eigenvalue weighted by molar-refractivity contribution is -0.166. The number of hydrogen-bond donors (Lipinski definition) is 0. The largest absolute Gasteiger partial charge is 0.509 e. The highest BCUT2D eigenvalue weighted by Crippen LogP contribution is 2.15. The van der Waals surface area contributed by atoms with Gasteiger partial charge in [-0.1, -0.05) is 0 Å². The summed E-state index contributed by atoms with van der Waals surface area (Å²) in [6.45, 7) is 0.672. The van der Waals surface area contributed by atoms with Gasteiger partial charge >= 0.3 is 18.1 Å². The van der Waals surface area contributed by atoms with Gasteiger partial charge in [-0.2, -0.15) is 0 Å². The zero-order valence-electron chi connectivity index (χ0n) is 9.76. The fourth-order valence-electron chi connectivity index (χ4n) is 1.78. The Labute approximate surface area is 103 Å². The van der Waals surface area contributed by atoms with Crippen LogP contribution in [0.2, 0.25) is 0 Å². The summed E-state index contributed by atoms with van der Waals surface area (Å²) in [5.41, 5.74) is 0. The SMILES string of the molecule is O=C(OC1CCCOC1=O)OC1CCCOC1=O. The highest BCUT2D eigenvalue weighted by Gasteiger charge is 2.32. The summed E-state index contributed by atoms with van der Waals surface area (Å²) in [5, 5.41) is 0. The summed E-state index contributed by atoms with van der Waals surface area (Å²) >= 11 is 0. The molecule has 0 aromatic carbocycles. The molecular weight excluding hydrogens is 244 g/mol. The predicted octanol–water partition coefficient (Wildman–Crippen LogP) is 0.551. The molecule has 0 aliphatic carbocycles. The van der Waals surface area contributed by atoms with E-state index in [1.807, 2.05) is 0 Å². The second-order valence-electron chi connectivity index (χ2n) is 4.08. The van der Waals surface area contributed by atoms with Crippen LogP contribution in [-0.2, 0) is 28.5 Å². The predicted molar refractivity (Wildman–Crippen MR) is 55.5 cm³/mol. The van der Waals surface area contributed by atoms with Gasteiger partial charge in [-0.15, -0.1) is 0 Å². The molecule has 2 rings (SSSR count). The van der Waals surface area contributed by atoms with Crippen LogP contribution in [0.5, 0.6) is 0 Å². The van der Waals surface area contributed by atoms with Crippen molar-refractivity contribution in [3.63, 3.8) is 0 Å². The number of cyclic esters (lactones) is 2. The molecule has 2 aliphatic rings. The maximum atomic E-state index is 11.4. The molecule has 0 radical (unpaired) electrons. The van der Waals surface area contributed by atoms with Gasteiger partial charge in [-0.3, -0.25) is 0 Å². The highest BCUT2D eigenvalue weighted by molar-refractivity contribution is 5.80. The molecule has 2 heterocycles. The Kier molecular flexibility index (Phi) is 4.01. The summed E-state index contributed by atoms with van der Waals surface area (Å²) in [6.07, 6.45) is -0.837. The summed E-state index contributed by atoms with van der Waals surface area (Å²) in [7, 11) is 0. The molecule has 7 nitrogen and oxygen atoms in total. The molecule has 7 heteroatoms. The van der Waals surface area contributed by atoms with Crippen LogP contribution in [0.3, 0.4) is 0 Å². The van der Waals surface area contributed by atoms with Crippen molar-refractivity contribution in [1.82, 2.24) is 0 Å². The molecule has 0 amide bonds. The number of ether oxygens (including phenoxy) is 4. The number of carbonyl (C=O) groups excluding carboxylic acids is 3. The molecule has 0 aromatic heterocycles. The monoisotopic (exact) mass is 258 g/mol. The summed E-state index contributed by atoms with van der Waals surface area (Å²) in [4.78, 5) is 33.9. The first-order valence-corrected chi connectivity index (χ1v) is 5.87. The highest BCUT2D eigenvalue weighted by atomic mass is 16.7. The van der Waals surface area contributed by atoms with Crippen LogP contribution >= 0.6 is 0 Å². The fourth-order valence-corrected chi connectivity index (χ4v) is 1.78. The van der Waals surface area contributed by atoms with E-state index in [0.29, 0.717) is 38.9 Å². The lowest BCUT2D eigenvalue weighted by atomic mass is 10.1. The third-order valence-corrected chi connectivity index (χ3v) is 2.71. The summed E-state index contributed by atoms with van der Waals surface area (Å²) in [5.74, 6) is -1.16. The first kappa shape index (κ1) is 12.7. The van der Waals surface area contributed by atoms with Gasteiger partial charge in [0.05, 0.1) is 13.2 Å². The molecule has 18 heavy (non-hydrogen) atoms. The zero-order chi connectivity index (χ0) is 13.0. The van der Waals surface area contributed by atoms with Gasteiger partial charge in [0.1, 0.15) is 0 Å². The van der Waals surface area contributed by atoms with Crippen molar-refractivity contribution in [2.45, 2.75) is 37.9 Å². The molecule has 0 aromatic rings. The Morgan fingerprint density at radius 1 is 0.944 bits per heavy atom. The first-order chi connectivity index (χ1) is 8.66. The lowest BCUT2D eigenvalue weighted by Gasteiger charge is -2.23. The van der Waals surface area contributed by atoms with Crippen LogP contribution in [0.15, 0.2) is 0 Å². The van der Waals surface area contributed by atoms with Gasteiger partial charge in [0.2, 0.25) is 12.2 Å². The van der Waals surface area contributed by atoms with E-state index < -0.39 is 30.3 Å². The topological polar surface area (TPSA) is 88.1 Å². The lowest BCUT2D eigenvalue weighted by Crippen LogP contribution is -2.37. The van der Waals surface area contributed by atoms with Crippen molar-refractivity contribution < 1.29 is 33.3 Å². The van der Waals surface area contributed by atoms with E-state index in [-0.39, 0.29) is 0 Å². The molecule has 2 aliphatic heterocycles. The Balaban J connectivity index is 1.80. The minimum atomic E-state index is -1.04. The molecule has 2 fully saturated rings.